The highest BCUT2D eigenvalue weighted by atomic mass is 16.3. The molecule has 3 atom stereocenters. The summed E-state index contributed by atoms with van der Waals surface area (Å²) in [5, 5.41) is 8.97. The predicted molar refractivity (Wildman–Crippen MR) is 55.8 cm³/mol. The predicted octanol–water partition coefficient (Wildman–Crippen LogP) is 1.26. The normalized spacial score (nSPS) is 28.9. The van der Waals surface area contributed by atoms with Gasteiger partial charge in [0.05, 0.1) is 12.6 Å². The molecule has 1 amide bonds. The minimum Gasteiger partial charge on any atom is -0.394 e. The van der Waals surface area contributed by atoms with Crippen LogP contribution in [0.3, 0.4) is 0 Å². The first-order chi connectivity index (χ1) is 6.57. The molecule has 3 nitrogen and oxygen atoms in total. The van der Waals surface area contributed by atoms with Crippen molar-refractivity contribution in [1.29, 1.82) is 0 Å². The summed E-state index contributed by atoms with van der Waals surface area (Å²) >= 11 is 0. The van der Waals surface area contributed by atoms with Gasteiger partial charge in [-0.3, -0.25) is 4.79 Å². The molecule has 0 aromatic heterocycles. The van der Waals surface area contributed by atoms with E-state index in [0.717, 1.165) is 12.8 Å². The van der Waals surface area contributed by atoms with Crippen molar-refractivity contribution in [1.82, 2.24) is 4.90 Å². The highest BCUT2D eigenvalue weighted by Crippen LogP contribution is 2.32. The molecule has 1 aliphatic rings. The Kier molecular flexibility index (Phi) is 3.93. The largest absolute Gasteiger partial charge is 0.394 e. The Bertz CT molecular complexity index is 205. The van der Waals surface area contributed by atoms with Crippen molar-refractivity contribution in [2.75, 3.05) is 13.7 Å². The third kappa shape index (κ3) is 2.27. The molecular formula is C11H21NO2. The fraction of sp³-hybridized carbons (Fsp3) is 0.909. The lowest BCUT2D eigenvalue weighted by Crippen LogP contribution is -2.41. The van der Waals surface area contributed by atoms with Gasteiger partial charge in [-0.15, -0.1) is 0 Å². The van der Waals surface area contributed by atoms with Gasteiger partial charge in [0, 0.05) is 13.0 Å². The third-order valence-electron chi connectivity index (χ3n) is 3.45. The first-order valence-electron chi connectivity index (χ1n) is 5.45. The molecule has 3 heteroatoms. The molecule has 82 valence electrons. The van der Waals surface area contributed by atoms with Gasteiger partial charge in [0.15, 0.2) is 0 Å². The minimum absolute atomic E-state index is 0.0450. The summed E-state index contributed by atoms with van der Waals surface area (Å²) in [5.41, 5.74) is 0. The maximum absolute atomic E-state index is 12.0. The van der Waals surface area contributed by atoms with Crippen LogP contribution < -0.4 is 0 Å². The summed E-state index contributed by atoms with van der Waals surface area (Å²) in [4.78, 5) is 13.7. The summed E-state index contributed by atoms with van der Waals surface area (Å²) in [6, 6.07) is -0.0599. The number of likely N-dealkylation sites (N-methyl/N-ethyl adjacent to an activating group) is 1. The summed E-state index contributed by atoms with van der Waals surface area (Å²) in [6.07, 6.45) is 3.35. The van der Waals surface area contributed by atoms with E-state index in [1.165, 1.54) is 6.42 Å². The molecule has 3 unspecified atom stereocenters. The molecule has 1 aliphatic carbocycles. The lowest BCUT2D eigenvalue weighted by molar-refractivity contribution is -0.137. The quantitative estimate of drug-likeness (QED) is 0.743. The van der Waals surface area contributed by atoms with Gasteiger partial charge < -0.3 is 10.0 Å². The van der Waals surface area contributed by atoms with Crippen LogP contribution in [0.1, 0.15) is 33.1 Å². The summed E-state index contributed by atoms with van der Waals surface area (Å²) < 4.78 is 0. The average molecular weight is 199 g/mol. The number of hydrogen-bond donors (Lipinski definition) is 1. The molecule has 1 N–H and O–H groups in total. The Labute approximate surface area is 86.1 Å². The highest BCUT2D eigenvalue weighted by molar-refractivity contribution is 5.79. The van der Waals surface area contributed by atoms with E-state index >= 15 is 0 Å². The smallest absolute Gasteiger partial charge is 0.226 e. The Morgan fingerprint density at radius 3 is 2.64 bits per heavy atom. The van der Waals surface area contributed by atoms with Gasteiger partial charge in [0.1, 0.15) is 0 Å². The minimum atomic E-state index is -0.0599. The Morgan fingerprint density at radius 1 is 1.57 bits per heavy atom. The Hall–Kier alpha value is -0.570. The molecule has 0 aromatic rings. The van der Waals surface area contributed by atoms with Crippen LogP contribution in [-0.4, -0.2) is 35.6 Å². The fourth-order valence-corrected chi connectivity index (χ4v) is 2.11. The van der Waals surface area contributed by atoms with E-state index < -0.39 is 0 Å². The SMILES string of the molecule is CC1CCCC1C(=O)N(C)C(C)CO. The lowest BCUT2D eigenvalue weighted by atomic mass is 9.96. The van der Waals surface area contributed by atoms with Crippen LogP contribution in [0.2, 0.25) is 0 Å². The molecule has 0 spiro atoms. The molecule has 0 saturated heterocycles. The van der Waals surface area contributed by atoms with Crippen molar-refractivity contribution >= 4 is 5.91 Å². The molecule has 0 aromatic carbocycles. The van der Waals surface area contributed by atoms with Gasteiger partial charge in [-0.25, -0.2) is 0 Å². The van der Waals surface area contributed by atoms with Crippen LogP contribution in [-0.2, 0) is 4.79 Å². The van der Waals surface area contributed by atoms with E-state index in [0.29, 0.717) is 5.92 Å². The van der Waals surface area contributed by atoms with Crippen molar-refractivity contribution in [3.63, 3.8) is 0 Å². The van der Waals surface area contributed by atoms with Gasteiger partial charge in [0.2, 0.25) is 5.91 Å². The third-order valence-corrected chi connectivity index (χ3v) is 3.45. The Morgan fingerprint density at radius 2 is 2.21 bits per heavy atom. The molecule has 14 heavy (non-hydrogen) atoms. The van der Waals surface area contributed by atoms with E-state index in [-0.39, 0.29) is 24.5 Å². The molecule has 0 heterocycles. The number of nitrogens with zero attached hydrogens (tertiary/aromatic N) is 1. The van der Waals surface area contributed by atoms with Crippen LogP contribution in [0.15, 0.2) is 0 Å². The second-order valence-electron chi connectivity index (χ2n) is 4.50. The number of hydrogen-bond acceptors (Lipinski definition) is 2. The number of carbonyl (C=O) groups is 1. The highest BCUT2D eigenvalue weighted by Gasteiger charge is 2.32. The molecular weight excluding hydrogens is 178 g/mol. The number of amides is 1. The average Bonchev–Trinajstić information content (AvgIpc) is 2.61. The maximum atomic E-state index is 12.0. The van der Waals surface area contributed by atoms with Gasteiger partial charge in [-0.05, 0) is 25.7 Å². The van der Waals surface area contributed by atoms with Crippen LogP contribution >= 0.6 is 0 Å². The van der Waals surface area contributed by atoms with E-state index in [1.807, 2.05) is 6.92 Å². The molecule has 0 radical (unpaired) electrons. The van der Waals surface area contributed by atoms with Crippen LogP contribution in [0.5, 0.6) is 0 Å². The topological polar surface area (TPSA) is 40.5 Å². The molecule has 0 bridgehead atoms. The standard InChI is InChI=1S/C11H21NO2/c1-8-5-4-6-10(8)11(14)12(3)9(2)7-13/h8-10,13H,4-7H2,1-3H3. The van der Waals surface area contributed by atoms with Gasteiger partial charge >= 0.3 is 0 Å². The number of rotatable bonds is 3. The zero-order valence-electron chi connectivity index (χ0n) is 9.36. The van der Waals surface area contributed by atoms with Crippen LogP contribution in [0, 0.1) is 11.8 Å². The molecule has 1 saturated carbocycles. The number of aliphatic hydroxyl groups is 1. The van der Waals surface area contributed by atoms with Crippen molar-refractivity contribution in [2.24, 2.45) is 11.8 Å². The zero-order chi connectivity index (χ0) is 10.7. The van der Waals surface area contributed by atoms with E-state index in [4.69, 9.17) is 5.11 Å². The second kappa shape index (κ2) is 4.78. The van der Waals surface area contributed by atoms with Gasteiger partial charge in [0.25, 0.3) is 0 Å². The first kappa shape index (κ1) is 11.5. The number of aliphatic hydroxyl groups excluding tert-OH is 1. The number of carbonyl (C=O) groups excluding carboxylic acids is 1. The maximum Gasteiger partial charge on any atom is 0.226 e. The summed E-state index contributed by atoms with van der Waals surface area (Å²) in [6.45, 7) is 4.06. The van der Waals surface area contributed by atoms with Crippen LogP contribution in [0.25, 0.3) is 0 Å². The van der Waals surface area contributed by atoms with Gasteiger partial charge in [-0.1, -0.05) is 13.3 Å². The lowest BCUT2D eigenvalue weighted by Gasteiger charge is -2.27. The van der Waals surface area contributed by atoms with Crippen molar-refractivity contribution in [3.05, 3.63) is 0 Å². The van der Waals surface area contributed by atoms with E-state index in [9.17, 15) is 4.79 Å². The molecule has 1 fully saturated rings. The molecule has 1 rings (SSSR count). The van der Waals surface area contributed by atoms with Crippen LogP contribution in [0.4, 0.5) is 0 Å². The van der Waals surface area contributed by atoms with Crippen molar-refractivity contribution < 1.29 is 9.90 Å². The van der Waals surface area contributed by atoms with E-state index in [2.05, 4.69) is 6.92 Å². The first-order valence-corrected chi connectivity index (χ1v) is 5.45. The molecule has 0 aliphatic heterocycles. The van der Waals surface area contributed by atoms with E-state index in [1.54, 1.807) is 11.9 Å². The fourth-order valence-electron chi connectivity index (χ4n) is 2.11. The van der Waals surface area contributed by atoms with Crippen molar-refractivity contribution in [2.45, 2.75) is 39.2 Å². The summed E-state index contributed by atoms with van der Waals surface area (Å²) in [7, 11) is 1.79. The van der Waals surface area contributed by atoms with Gasteiger partial charge in [-0.2, -0.15) is 0 Å². The monoisotopic (exact) mass is 199 g/mol. The second-order valence-corrected chi connectivity index (χ2v) is 4.50. The van der Waals surface area contributed by atoms with Crippen molar-refractivity contribution in [3.8, 4) is 0 Å². The summed E-state index contributed by atoms with van der Waals surface area (Å²) in [5.74, 6) is 0.904. The zero-order valence-corrected chi connectivity index (χ0v) is 9.36. The Balaban J connectivity index is 2.55.